The first-order valence-corrected chi connectivity index (χ1v) is 3.15. The fourth-order valence-electron chi connectivity index (χ4n) is 0.800. The maximum atomic E-state index is 10.9. The van der Waals surface area contributed by atoms with Crippen LogP contribution in [0.4, 0.5) is 0 Å². The zero-order valence-electron chi connectivity index (χ0n) is 6.38. The monoisotopic (exact) mass is 139 g/mol. The first-order valence-electron chi connectivity index (χ1n) is 3.15. The number of hydrogen-bond donors (Lipinski definition) is 0. The largest absolute Gasteiger partial charge is 0.618 e. The summed E-state index contributed by atoms with van der Waals surface area (Å²) in [6, 6.07) is 0. The number of nitrogens with zero attached hydrogens (tertiary/aromatic N) is 2. The van der Waals surface area contributed by atoms with Crippen LogP contribution in [0.25, 0.3) is 0 Å². The maximum absolute atomic E-state index is 10.9. The molecule has 0 N–H and O–H groups in total. The molecule has 0 aliphatic rings. The summed E-state index contributed by atoms with van der Waals surface area (Å²) in [5.41, 5.74) is 2.23. The summed E-state index contributed by atoms with van der Waals surface area (Å²) < 4.78 is 0.845. The van der Waals surface area contributed by atoms with E-state index in [1.807, 2.05) is 6.92 Å². The van der Waals surface area contributed by atoms with Gasteiger partial charge in [0.05, 0.1) is 0 Å². The zero-order valence-corrected chi connectivity index (χ0v) is 6.38. The van der Waals surface area contributed by atoms with Crippen LogP contribution in [0.5, 0.6) is 0 Å². The lowest BCUT2D eigenvalue weighted by Crippen LogP contribution is -2.31. The molecule has 0 unspecified atom stereocenters. The van der Waals surface area contributed by atoms with Gasteiger partial charge < -0.3 is 5.21 Å². The van der Waals surface area contributed by atoms with Gasteiger partial charge in [0.15, 0.2) is 0 Å². The third kappa shape index (κ3) is 1.07. The van der Waals surface area contributed by atoms with Gasteiger partial charge in [-0.25, -0.2) is 4.98 Å². The second kappa shape index (κ2) is 2.25. The molecule has 0 spiro atoms. The Balaban J connectivity index is 3.31. The van der Waals surface area contributed by atoms with Gasteiger partial charge in [-0.2, -0.15) is 4.73 Å². The van der Waals surface area contributed by atoms with Crippen LogP contribution in [-0.4, -0.2) is 4.98 Å². The number of aryl methyl sites for hydroxylation is 2. The van der Waals surface area contributed by atoms with Gasteiger partial charge in [-0.1, -0.05) is 0 Å². The quantitative estimate of drug-likeness (QED) is 0.391. The van der Waals surface area contributed by atoms with Crippen molar-refractivity contribution in [3.63, 3.8) is 0 Å². The van der Waals surface area contributed by atoms with Gasteiger partial charge in [-0.3, -0.25) is 0 Å². The van der Waals surface area contributed by atoms with E-state index in [0.29, 0.717) is 5.69 Å². The third-order valence-electron chi connectivity index (χ3n) is 1.50. The molecule has 1 rings (SSSR count). The van der Waals surface area contributed by atoms with Crippen LogP contribution in [0, 0.1) is 26.0 Å². The van der Waals surface area contributed by atoms with Crippen molar-refractivity contribution < 1.29 is 4.73 Å². The topological polar surface area (TPSA) is 39.8 Å². The third-order valence-corrected chi connectivity index (χ3v) is 1.50. The molecule has 0 saturated carbocycles. The molecule has 0 aliphatic heterocycles. The van der Waals surface area contributed by atoms with Crippen molar-refractivity contribution in [3.05, 3.63) is 28.5 Å². The van der Waals surface area contributed by atoms with Gasteiger partial charge >= 0.3 is 0 Å². The van der Waals surface area contributed by atoms with Crippen molar-refractivity contribution in [2.24, 2.45) is 0 Å². The Kier molecular flexibility index (Phi) is 1.57. The highest BCUT2D eigenvalue weighted by Crippen LogP contribution is 1.96. The first-order chi connectivity index (χ1) is 4.61. The molecule has 0 amide bonds. The number of hydrogen-bond acceptors (Lipinski definition) is 2. The molecular formula is C7H10N2O. The molecule has 1 aromatic heterocycles. The van der Waals surface area contributed by atoms with E-state index < -0.39 is 0 Å². The highest BCUT2D eigenvalue weighted by atomic mass is 16.5. The molecular weight excluding hydrogens is 129 g/mol. The number of aromatic nitrogens is 2. The SMILES string of the molecule is Cc1c[n+]([O-])c(C)c(C)[15n]1. The van der Waals surface area contributed by atoms with Crippen LogP contribution in [0.2, 0.25) is 0 Å². The van der Waals surface area contributed by atoms with Gasteiger partial charge in [0.2, 0.25) is 11.9 Å². The van der Waals surface area contributed by atoms with E-state index in [-0.39, 0.29) is 0 Å². The molecule has 1 aromatic rings. The fourth-order valence-corrected chi connectivity index (χ4v) is 0.800. The Morgan fingerprint density at radius 2 is 2.00 bits per heavy atom. The van der Waals surface area contributed by atoms with Crippen LogP contribution in [0.3, 0.4) is 0 Å². The van der Waals surface area contributed by atoms with Crippen molar-refractivity contribution in [3.8, 4) is 0 Å². The average Bonchev–Trinajstić information content (AvgIpc) is 1.82. The zero-order chi connectivity index (χ0) is 7.72. The van der Waals surface area contributed by atoms with Gasteiger partial charge in [0.25, 0.3) is 0 Å². The van der Waals surface area contributed by atoms with E-state index in [2.05, 4.69) is 4.98 Å². The van der Waals surface area contributed by atoms with Gasteiger partial charge in [-0.05, 0) is 13.8 Å². The maximum Gasteiger partial charge on any atom is 0.210 e. The van der Waals surface area contributed by atoms with Crippen molar-refractivity contribution in [2.75, 3.05) is 0 Å². The normalized spacial score (nSPS) is 9.90. The molecule has 10 heavy (non-hydrogen) atoms. The summed E-state index contributed by atoms with van der Waals surface area (Å²) in [7, 11) is 0. The van der Waals surface area contributed by atoms with Gasteiger partial charge in [0.1, 0.15) is 11.4 Å². The highest BCUT2D eigenvalue weighted by molar-refractivity contribution is 5.03. The lowest BCUT2D eigenvalue weighted by Gasteiger charge is -2.02. The first kappa shape index (κ1) is 6.99. The van der Waals surface area contributed by atoms with Crippen LogP contribution < -0.4 is 4.73 Å². The number of rotatable bonds is 0. The Morgan fingerprint density at radius 1 is 1.40 bits per heavy atom. The Bertz CT molecular complexity index is 235. The Labute approximate surface area is 59.9 Å². The summed E-state index contributed by atoms with van der Waals surface area (Å²) >= 11 is 0. The minimum Gasteiger partial charge on any atom is -0.618 e. The average molecular weight is 139 g/mol. The molecule has 0 aromatic carbocycles. The molecule has 0 bridgehead atoms. The summed E-state index contributed by atoms with van der Waals surface area (Å²) in [5.74, 6) is 0. The summed E-state index contributed by atoms with van der Waals surface area (Å²) in [6.45, 7) is 5.40. The predicted octanol–water partition coefficient (Wildman–Crippen LogP) is 0.640. The molecule has 1 heterocycles. The van der Waals surface area contributed by atoms with Crippen molar-refractivity contribution in [2.45, 2.75) is 20.8 Å². The fraction of sp³-hybridized carbons (Fsp3) is 0.429. The summed E-state index contributed by atoms with van der Waals surface area (Å²) in [4.78, 5) is 4.11. The molecule has 54 valence electrons. The van der Waals surface area contributed by atoms with E-state index in [0.717, 1.165) is 16.1 Å². The van der Waals surface area contributed by atoms with E-state index in [4.69, 9.17) is 0 Å². The van der Waals surface area contributed by atoms with Crippen LogP contribution >= 0.6 is 0 Å². The lowest BCUT2D eigenvalue weighted by molar-refractivity contribution is -0.613. The second-order valence-corrected chi connectivity index (χ2v) is 2.38. The second-order valence-electron chi connectivity index (χ2n) is 2.38. The molecule has 0 atom stereocenters. The summed E-state index contributed by atoms with van der Waals surface area (Å²) in [5, 5.41) is 10.9. The molecule has 0 aliphatic carbocycles. The molecule has 3 nitrogen and oxygen atoms in total. The predicted molar refractivity (Wildman–Crippen MR) is 37.4 cm³/mol. The van der Waals surface area contributed by atoms with Crippen molar-refractivity contribution in [1.29, 1.82) is 0 Å². The molecule has 0 radical (unpaired) electrons. The minimum atomic E-state index is 0.672. The smallest absolute Gasteiger partial charge is 0.210 e. The van der Waals surface area contributed by atoms with Crippen molar-refractivity contribution in [1.82, 2.24) is 4.98 Å². The minimum absolute atomic E-state index is 0.672. The van der Waals surface area contributed by atoms with Gasteiger partial charge in [0, 0.05) is 6.92 Å². The van der Waals surface area contributed by atoms with Crippen molar-refractivity contribution >= 4 is 0 Å². The van der Waals surface area contributed by atoms with E-state index in [1.54, 1.807) is 13.8 Å². The molecule has 3 heteroatoms. The Morgan fingerprint density at radius 3 is 2.50 bits per heavy atom. The lowest BCUT2D eigenvalue weighted by atomic mass is 10.3. The highest BCUT2D eigenvalue weighted by Gasteiger charge is 2.03. The van der Waals surface area contributed by atoms with Crippen LogP contribution in [0.1, 0.15) is 17.1 Å². The van der Waals surface area contributed by atoms with Gasteiger partial charge in [-0.15, -0.1) is 0 Å². The molecule has 0 saturated heterocycles. The van der Waals surface area contributed by atoms with Crippen LogP contribution in [-0.2, 0) is 0 Å². The standard InChI is InChI=1S/C7H10N2O/c1-5-4-9(10)7(3)6(2)8-5/h4H,1-3H3/i8+1. The summed E-state index contributed by atoms with van der Waals surface area (Å²) in [6.07, 6.45) is 1.47. The van der Waals surface area contributed by atoms with E-state index in [1.165, 1.54) is 6.20 Å². The van der Waals surface area contributed by atoms with E-state index >= 15 is 0 Å². The molecule has 0 fully saturated rings. The van der Waals surface area contributed by atoms with E-state index in [9.17, 15) is 5.21 Å². The van der Waals surface area contributed by atoms with Crippen LogP contribution in [0.15, 0.2) is 6.20 Å². The Hall–Kier alpha value is -1.12.